The summed E-state index contributed by atoms with van der Waals surface area (Å²) >= 11 is 0. The van der Waals surface area contributed by atoms with Crippen molar-refractivity contribution in [3.05, 3.63) is 29.3 Å². The molecule has 0 aliphatic heterocycles. The van der Waals surface area contributed by atoms with Gasteiger partial charge in [0, 0.05) is 18.2 Å². The Bertz CT molecular complexity index is 409. The van der Waals surface area contributed by atoms with Crippen LogP contribution in [0.4, 0.5) is 0 Å². The molecule has 0 bridgehead atoms. The van der Waals surface area contributed by atoms with Gasteiger partial charge in [-0.1, -0.05) is 18.1 Å². The van der Waals surface area contributed by atoms with Crippen LogP contribution in [-0.4, -0.2) is 29.6 Å². The van der Waals surface area contributed by atoms with Crippen molar-refractivity contribution in [3.8, 4) is 18.1 Å². The molecule has 0 aromatic heterocycles. The van der Waals surface area contributed by atoms with Crippen molar-refractivity contribution >= 4 is 0 Å². The highest BCUT2D eigenvalue weighted by Gasteiger charge is 2.10. The minimum Gasteiger partial charge on any atom is -0.508 e. The number of hydrogen-bond donors (Lipinski definition) is 2. The van der Waals surface area contributed by atoms with E-state index in [1.165, 1.54) is 5.56 Å². The number of aromatic hydroxyl groups is 1. The van der Waals surface area contributed by atoms with Crippen LogP contribution in [0, 0.1) is 12.3 Å². The summed E-state index contributed by atoms with van der Waals surface area (Å²) in [5, 5.41) is 9.55. The van der Waals surface area contributed by atoms with Gasteiger partial charge in [-0.05, 0) is 32.0 Å². The van der Waals surface area contributed by atoms with Crippen LogP contribution < -0.4 is 5.73 Å². The molecule has 0 aliphatic carbocycles. The van der Waals surface area contributed by atoms with E-state index in [0.29, 0.717) is 19.1 Å². The molecule has 92 valence electrons. The maximum absolute atomic E-state index is 9.55. The highest BCUT2D eigenvalue weighted by molar-refractivity contribution is 5.36. The van der Waals surface area contributed by atoms with Crippen molar-refractivity contribution in [1.29, 1.82) is 0 Å². The lowest BCUT2D eigenvalue weighted by atomic mass is 10.0. The van der Waals surface area contributed by atoms with E-state index in [0.717, 1.165) is 12.0 Å². The molecule has 3 nitrogen and oxygen atoms in total. The van der Waals surface area contributed by atoms with Gasteiger partial charge in [0.1, 0.15) is 5.75 Å². The Hall–Kier alpha value is -1.50. The van der Waals surface area contributed by atoms with E-state index in [1.54, 1.807) is 6.07 Å². The maximum atomic E-state index is 9.55. The molecule has 0 saturated heterocycles. The molecule has 1 aromatic rings. The summed E-state index contributed by atoms with van der Waals surface area (Å²) in [6.45, 7) is 3.13. The Morgan fingerprint density at radius 1 is 1.53 bits per heavy atom. The van der Waals surface area contributed by atoms with Crippen LogP contribution in [0.1, 0.15) is 18.1 Å². The van der Waals surface area contributed by atoms with Gasteiger partial charge in [0.2, 0.25) is 0 Å². The maximum Gasteiger partial charge on any atom is 0.120 e. The number of phenolic OH excluding ortho intramolecular Hbond substituents is 1. The van der Waals surface area contributed by atoms with Crippen molar-refractivity contribution in [2.24, 2.45) is 5.73 Å². The van der Waals surface area contributed by atoms with Crippen molar-refractivity contribution in [1.82, 2.24) is 4.90 Å². The SMILES string of the molecule is C#CCN(C)C(C)Cc1ccc(O)c(CN)c1. The quantitative estimate of drug-likeness (QED) is 0.753. The number of nitrogens with two attached hydrogens (primary N) is 1. The average Bonchev–Trinajstić information content (AvgIpc) is 2.31. The standard InChI is InChI=1S/C14H20N2O/c1-4-7-16(3)11(2)8-12-5-6-14(17)13(9-12)10-15/h1,5-6,9,11,17H,7-8,10,15H2,2-3H3. The van der Waals surface area contributed by atoms with E-state index in [9.17, 15) is 5.11 Å². The largest absolute Gasteiger partial charge is 0.508 e. The Labute approximate surface area is 103 Å². The lowest BCUT2D eigenvalue weighted by Crippen LogP contribution is -2.31. The van der Waals surface area contributed by atoms with Gasteiger partial charge in [0.25, 0.3) is 0 Å². The Balaban J connectivity index is 2.72. The summed E-state index contributed by atoms with van der Waals surface area (Å²) in [4.78, 5) is 2.12. The van der Waals surface area contributed by atoms with Gasteiger partial charge in [-0.15, -0.1) is 6.42 Å². The third-order valence-corrected chi connectivity index (χ3v) is 2.99. The molecule has 0 aliphatic rings. The van der Waals surface area contributed by atoms with Gasteiger partial charge in [0.05, 0.1) is 6.54 Å². The number of phenols is 1. The predicted molar refractivity (Wildman–Crippen MR) is 70.6 cm³/mol. The molecule has 17 heavy (non-hydrogen) atoms. The molecule has 1 aromatic carbocycles. The fraction of sp³-hybridized carbons (Fsp3) is 0.429. The number of terminal acetylenes is 1. The lowest BCUT2D eigenvalue weighted by Gasteiger charge is -2.22. The zero-order valence-electron chi connectivity index (χ0n) is 10.5. The van der Waals surface area contributed by atoms with Gasteiger partial charge in [-0.2, -0.15) is 0 Å². The number of likely N-dealkylation sites (N-methyl/N-ethyl adjacent to an activating group) is 1. The van der Waals surface area contributed by atoms with E-state index >= 15 is 0 Å². The number of nitrogens with zero attached hydrogens (tertiary/aromatic N) is 1. The molecular weight excluding hydrogens is 212 g/mol. The first-order valence-electron chi connectivity index (χ1n) is 5.73. The fourth-order valence-electron chi connectivity index (χ4n) is 1.73. The topological polar surface area (TPSA) is 49.5 Å². The first kappa shape index (κ1) is 13.6. The predicted octanol–water partition coefficient (Wildman–Crippen LogP) is 1.35. The molecule has 0 amide bonds. The van der Waals surface area contributed by atoms with E-state index in [4.69, 9.17) is 12.2 Å². The summed E-state index contributed by atoms with van der Waals surface area (Å²) in [5.41, 5.74) is 7.51. The second-order valence-corrected chi connectivity index (χ2v) is 4.34. The lowest BCUT2D eigenvalue weighted by molar-refractivity contribution is 0.287. The molecule has 3 heteroatoms. The fourth-order valence-corrected chi connectivity index (χ4v) is 1.73. The number of rotatable bonds is 5. The highest BCUT2D eigenvalue weighted by atomic mass is 16.3. The molecule has 0 fully saturated rings. The molecule has 1 atom stereocenters. The third kappa shape index (κ3) is 3.77. The van der Waals surface area contributed by atoms with E-state index in [-0.39, 0.29) is 5.75 Å². The zero-order valence-corrected chi connectivity index (χ0v) is 10.5. The summed E-state index contributed by atoms with van der Waals surface area (Å²) in [6, 6.07) is 5.94. The molecule has 3 N–H and O–H groups in total. The minimum atomic E-state index is 0.265. The van der Waals surface area contributed by atoms with E-state index in [1.807, 2.05) is 19.2 Å². The second-order valence-electron chi connectivity index (χ2n) is 4.34. The summed E-state index contributed by atoms with van der Waals surface area (Å²) in [7, 11) is 2.01. The summed E-state index contributed by atoms with van der Waals surface area (Å²) in [6.07, 6.45) is 6.18. The smallest absolute Gasteiger partial charge is 0.120 e. The van der Waals surface area contributed by atoms with Crippen molar-refractivity contribution in [2.45, 2.75) is 25.9 Å². The van der Waals surface area contributed by atoms with Gasteiger partial charge < -0.3 is 10.8 Å². The van der Waals surface area contributed by atoms with Crippen molar-refractivity contribution in [2.75, 3.05) is 13.6 Å². The molecule has 1 rings (SSSR count). The first-order chi connectivity index (χ1) is 8.08. The van der Waals surface area contributed by atoms with Crippen LogP contribution in [-0.2, 0) is 13.0 Å². The second kappa shape index (κ2) is 6.29. The van der Waals surface area contributed by atoms with Crippen LogP contribution >= 0.6 is 0 Å². The molecule has 0 radical (unpaired) electrons. The molecular formula is C14H20N2O. The number of benzene rings is 1. The van der Waals surface area contributed by atoms with Crippen LogP contribution in [0.15, 0.2) is 18.2 Å². The van der Waals surface area contributed by atoms with Gasteiger partial charge in [0.15, 0.2) is 0 Å². The summed E-state index contributed by atoms with van der Waals surface area (Å²) in [5.74, 6) is 2.90. The van der Waals surface area contributed by atoms with Gasteiger partial charge >= 0.3 is 0 Å². The van der Waals surface area contributed by atoms with E-state index < -0.39 is 0 Å². The average molecular weight is 232 g/mol. The van der Waals surface area contributed by atoms with Gasteiger partial charge in [-0.3, -0.25) is 4.90 Å². The highest BCUT2D eigenvalue weighted by Crippen LogP contribution is 2.19. The molecule has 1 unspecified atom stereocenters. The zero-order chi connectivity index (χ0) is 12.8. The van der Waals surface area contributed by atoms with Crippen LogP contribution in [0.2, 0.25) is 0 Å². The molecule has 0 heterocycles. The third-order valence-electron chi connectivity index (χ3n) is 2.99. The first-order valence-corrected chi connectivity index (χ1v) is 5.73. The van der Waals surface area contributed by atoms with E-state index in [2.05, 4.69) is 17.7 Å². The molecule has 0 spiro atoms. The van der Waals surface area contributed by atoms with Crippen molar-refractivity contribution in [3.63, 3.8) is 0 Å². The Kier molecular flexibility index (Phi) is 5.02. The van der Waals surface area contributed by atoms with Crippen molar-refractivity contribution < 1.29 is 5.11 Å². The van der Waals surface area contributed by atoms with Crippen LogP contribution in [0.5, 0.6) is 5.75 Å². The minimum absolute atomic E-state index is 0.265. The number of hydrogen-bond acceptors (Lipinski definition) is 3. The molecule has 0 saturated carbocycles. The van der Waals surface area contributed by atoms with Gasteiger partial charge in [-0.25, -0.2) is 0 Å². The normalized spacial score (nSPS) is 12.4. The van der Waals surface area contributed by atoms with Crippen LogP contribution in [0.3, 0.4) is 0 Å². The Morgan fingerprint density at radius 3 is 2.82 bits per heavy atom. The monoisotopic (exact) mass is 232 g/mol. The van der Waals surface area contributed by atoms with Crippen LogP contribution in [0.25, 0.3) is 0 Å². The summed E-state index contributed by atoms with van der Waals surface area (Å²) < 4.78 is 0. The Morgan fingerprint density at radius 2 is 2.24 bits per heavy atom.